The summed E-state index contributed by atoms with van der Waals surface area (Å²) in [5.41, 5.74) is 4.07. The van der Waals surface area contributed by atoms with Gasteiger partial charge in [0.05, 0.1) is 29.5 Å². The molecule has 6 aliphatic rings. The Morgan fingerprint density at radius 1 is 1.39 bits per heavy atom. The van der Waals surface area contributed by atoms with Crippen LogP contribution in [0.15, 0.2) is 41.9 Å². The van der Waals surface area contributed by atoms with Gasteiger partial charge < -0.3 is 9.64 Å². The van der Waals surface area contributed by atoms with Crippen LogP contribution >= 0.6 is 0 Å². The highest BCUT2D eigenvalue weighted by Crippen LogP contribution is 2.70. The molecule has 23 heavy (non-hydrogen) atoms. The van der Waals surface area contributed by atoms with Gasteiger partial charge in [0.2, 0.25) is 0 Å². The maximum absolute atomic E-state index is 6.32. The zero-order chi connectivity index (χ0) is 15.4. The number of ether oxygens (including phenoxy) is 1. The van der Waals surface area contributed by atoms with Crippen molar-refractivity contribution in [1.82, 2.24) is 4.90 Å². The number of nitrogens with zero attached hydrogens (tertiary/aromatic N) is 2. The topological polar surface area (TPSA) is 24.8 Å². The Morgan fingerprint density at radius 3 is 3.13 bits per heavy atom. The zero-order valence-corrected chi connectivity index (χ0v) is 13.5. The van der Waals surface area contributed by atoms with E-state index in [0.29, 0.717) is 17.9 Å². The van der Waals surface area contributed by atoms with Crippen molar-refractivity contribution in [2.45, 2.75) is 30.4 Å². The third-order valence-electron chi connectivity index (χ3n) is 7.73. The molecule has 4 heterocycles. The van der Waals surface area contributed by atoms with E-state index < -0.39 is 0 Å². The number of fused-ring (bicyclic) bond motifs is 4. The number of para-hydroxylation sites is 1. The molecule has 118 valence electrons. The Bertz CT molecular complexity index is 771. The Balaban J connectivity index is 1.72. The van der Waals surface area contributed by atoms with Crippen molar-refractivity contribution in [2.24, 2.45) is 22.2 Å². The van der Waals surface area contributed by atoms with E-state index >= 15 is 0 Å². The zero-order valence-electron chi connectivity index (χ0n) is 13.5. The fraction of sp³-hybridized carbons (Fsp3) is 0.550. The molecule has 3 heteroatoms. The fourth-order valence-corrected chi connectivity index (χ4v) is 6.95. The summed E-state index contributed by atoms with van der Waals surface area (Å²) in [4.78, 5) is 7.70. The summed E-state index contributed by atoms with van der Waals surface area (Å²) in [6.07, 6.45) is 4.85. The first-order chi connectivity index (χ1) is 11.2. The average Bonchev–Trinajstić information content (AvgIpc) is 2.90. The van der Waals surface area contributed by atoms with Crippen LogP contribution in [0.4, 0.5) is 5.69 Å². The molecule has 0 radical (unpaired) electrons. The molecule has 1 spiro atoms. The average molecular weight is 306 g/mol. The monoisotopic (exact) mass is 306 g/mol. The molecular weight excluding hydrogens is 284 g/mol. The van der Waals surface area contributed by atoms with Gasteiger partial charge in [-0.1, -0.05) is 24.3 Å². The second-order valence-electron chi connectivity index (χ2n) is 8.18. The van der Waals surface area contributed by atoms with Crippen LogP contribution in [-0.4, -0.2) is 43.0 Å². The van der Waals surface area contributed by atoms with Gasteiger partial charge in [-0.2, -0.15) is 0 Å². The third kappa shape index (κ3) is 1.15. The predicted octanol–water partition coefficient (Wildman–Crippen LogP) is 2.94. The third-order valence-corrected chi connectivity index (χ3v) is 7.73. The van der Waals surface area contributed by atoms with Crippen LogP contribution in [0.2, 0.25) is 0 Å². The van der Waals surface area contributed by atoms with E-state index in [1.165, 1.54) is 23.4 Å². The molecule has 3 nitrogen and oxygen atoms in total. The van der Waals surface area contributed by atoms with Crippen molar-refractivity contribution in [2.75, 3.05) is 20.2 Å². The second-order valence-corrected chi connectivity index (χ2v) is 8.18. The van der Waals surface area contributed by atoms with Crippen molar-refractivity contribution in [1.29, 1.82) is 0 Å². The van der Waals surface area contributed by atoms with E-state index in [9.17, 15) is 0 Å². The van der Waals surface area contributed by atoms with Crippen LogP contribution in [0.25, 0.3) is 0 Å². The van der Waals surface area contributed by atoms with Crippen LogP contribution in [0, 0.1) is 17.3 Å². The molecule has 5 fully saturated rings. The van der Waals surface area contributed by atoms with Gasteiger partial charge in [-0.3, -0.25) is 4.99 Å². The summed E-state index contributed by atoms with van der Waals surface area (Å²) >= 11 is 0. The molecule has 0 amide bonds. The minimum atomic E-state index is 0.0347. The maximum atomic E-state index is 6.32. The van der Waals surface area contributed by atoms with E-state index in [-0.39, 0.29) is 16.9 Å². The lowest BCUT2D eigenvalue weighted by Crippen LogP contribution is -2.78. The number of hydrogen-bond acceptors (Lipinski definition) is 3. The Labute approximate surface area is 137 Å². The molecule has 4 aliphatic heterocycles. The number of piperidine rings is 2. The van der Waals surface area contributed by atoms with Gasteiger partial charge in [-0.05, 0) is 37.4 Å². The summed E-state index contributed by atoms with van der Waals surface area (Å²) in [5, 5.41) is 0. The smallest absolute Gasteiger partial charge is 0.0968 e. The second kappa shape index (κ2) is 3.79. The van der Waals surface area contributed by atoms with Gasteiger partial charge in [-0.25, -0.2) is 0 Å². The largest absolute Gasteiger partial charge is 0.372 e. The van der Waals surface area contributed by atoms with Gasteiger partial charge in [0.15, 0.2) is 0 Å². The molecule has 3 saturated heterocycles. The van der Waals surface area contributed by atoms with Gasteiger partial charge in [0, 0.05) is 23.9 Å². The molecule has 2 saturated carbocycles. The standard InChI is InChI=1S/C20H22N2O/c1-3-19-11-22(2)16-9-20(19)13-6-4-5-7-15(13)21-18(20)17-8-14(19)12(16)10-23-17/h3-7,12,14,16-17H,1,8-11H2,2H3/t12?,14?,16?,17?,19-,20?/m0/s1. The molecule has 5 unspecified atom stereocenters. The molecule has 1 aromatic carbocycles. The van der Waals surface area contributed by atoms with Crippen molar-refractivity contribution in [3.05, 3.63) is 42.5 Å². The summed E-state index contributed by atoms with van der Waals surface area (Å²) in [5.74, 6) is 1.35. The summed E-state index contributed by atoms with van der Waals surface area (Å²) in [6, 6.07) is 9.39. The van der Waals surface area contributed by atoms with E-state index in [2.05, 4.69) is 48.9 Å². The van der Waals surface area contributed by atoms with Gasteiger partial charge in [0.25, 0.3) is 0 Å². The van der Waals surface area contributed by atoms with Crippen LogP contribution in [0.1, 0.15) is 18.4 Å². The van der Waals surface area contributed by atoms with E-state index in [0.717, 1.165) is 19.6 Å². The minimum Gasteiger partial charge on any atom is -0.372 e. The molecule has 7 rings (SSSR count). The van der Waals surface area contributed by atoms with Gasteiger partial charge in [0.1, 0.15) is 0 Å². The lowest BCUT2D eigenvalue weighted by molar-refractivity contribution is -0.190. The quantitative estimate of drug-likeness (QED) is 0.745. The van der Waals surface area contributed by atoms with Crippen LogP contribution < -0.4 is 0 Å². The number of hydrogen-bond donors (Lipinski definition) is 0. The minimum absolute atomic E-state index is 0.0347. The SMILES string of the molecule is C=C[C@@]12CN(C)C3CC14C(=Nc1ccccc14)C1CC2C3CO1. The first-order valence-corrected chi connectivity index (χ1v) is 8.85. The maximum Gasteiger partial charge on any atom is 0.0968 e. The lowest BCUT2D eigenvalue weighted by Gasteiger charge is -2.72. The summed E-state index contributed by atoms with van der Waals surface area (Å²) < 4.78 is 6.32. The molecule has 5 bridgehead atoms. The van der Waals surface area contributed by atoms with Crippen LogP contribution in [0.3, 0.4) is 0 Å². The number of aliphatic imine (C=N–C) groups is 1. The van der Waals surface area contributed by atoms with Gasteiger partial charge in [-0.15, -0.1) is 6.58 Å². The molecular formula is C20H22N2O. The predicted molar refractivity (Wildman–Crippen MR) is 90.2 cm³/mol. The first-order valence-electron chi connectivity index (χ1n) is 8.85. The molecule has 6 atom stereocenters. The van der Waals surface area contributed by atoms with Crippen LogP contribution in [0.5, 0.6) is 0 Å². The molecule has 2 aliphatic carbocycles. The van der Waals surface area contributed by atoms with Crippen LogP contribution in [-0.2, 0) is 10.2 Å². The summed E-state index contributed by atoms with van der Waals surface area (Å²) in [7, 11) is 2.29. The van der Waals surface area contributed by atoms with E-state index in [4.69, 9.17) is 9.73 Å². The highest BCUT2D eigenvalue weighted by Gasteiger charge is 2.74. The van der Waals surface area contributed by atoms with E-state index in [1.807, 2.05) is 0 Å². The molecule has 1 aromatic rings. The van der Waals surface area contributed by atoms with Gasteiger partial charge >= 0.3 is 0 Å². The van der Waals surface area contributed by atoms with Crippen molar-refractivity contribution < 1.29 is 4.74 Å². The highest BCUT2D eigenvalue weighted by atomic mass is 16.5. The van der Waals surface area contributed by atoms with Crippen molar-refractivity contribution >= 4 is 11.4 Å². The normalized spacial score (nSPS) is 48.8. The summed E-state index contributed by atoms with van der Waals surface area (Å²) in [6.45, 7) is 6.37. The fourth-order valence-electron chi connectivity index (χ4n) is 6.95. The Morgan fingerprint density at radius 2 is 2.26 bits per heavy atom. The number of rotatable bonds is 1. The Hall–Kier alpha value is -1.45. The number of benzene rings is 1. The first kappa shape index (κ1) is 12.9. The van der Waals surface area contributed by atoms with Crippen molar-refractivity contribution in [3.8, 4) is 0 Å². The lowest BCUT2D eigenvalue weighted by atomic mass is 9.38. The molecule has 0 N–H and O–H groups in total. The van der Waals surface area contributed by atoms with E-state index in [1.54, 1.807) is 0 Å². The Kier molecular flexibility index (Phi) is 2.12. The highest BCUT2D eigenvalue weighted by molar-refractivity contribution is 6.07. The van der Waals surface area contributed by atoms with Crippen molar-refractivity contribution in [3.63, 3.8) is 0 Å². The molecule has 0 aromatic heterocycles.